The first-order chi connectivity index (χ1) is 12.1. The van der Waals surface area contributed by atoms with Gasteiger partial charge in [0.1, 0.15) is 0 Å². The van der Waals surface area contributed by atoms with Gasteiger partial charge in [-0.15, -0.1) is 11.3 Å². The number of halogens is 1. The first-order valence-electron chi connectivity index (χ1n) is 8.17. The molecule has 2 aromatic carbocycles. The quantitative estimate of drug-likeness (QED) is 0.512. The highest BCUT2D eigenvalue weighted by atomic mass is 79.9. The van der Waals surface area contributed by atoms with Crippen LogP contribution in [0.2, 0.25) is 0 Å². The molecule has 0 saturated heterocycles. The van der Waals surface area contributed by atoms with E-state index in [1.807, 2.05) is 42.1 Å². The SMILES string of the molecule is CCN=c1scc(-c2ccc(C)c(C)c2)n1/N=C\c1ccc(Br)cc1. The minimum Gasteiger partial charge on any atom is -0.258 e. The van der Waals surface area contributed by atoms with Crippen LogP contribution in [0.25, 0.3) is 11.3 Å². The maximum absolute atomic E-state index is 4.71. The second-order valence-corrected chi connectivity index (χ2v) is 7.54. The van der Waals surface area contributed by atoms with E-state index in [1.54, 1.807) is 11.3 Å². The first kappa shape index (κ1) is 17.8. The van der Waals surface area contributed by atoms with E-state index in [2.05, 4.69) is 58.3 Å². The number of hydrogen-bond acceptors (Lipinski definition) is 3. The number of aryl methyl sites for hydroxylation is 2. The molecule has 0 bridgehead atoms. The van der Waals surface area contributed by atoms with E-state index in [9.17, 15) is 0 Å². The standard InChI is InChI=1S/C20H20BrN3S/c1-4-22-20-24(23-12-16-6-9-18(21)10-7-16)19(13-25-20)17-8-5-14(2)15(3)11-17/h5-13H,4H2,1-3H3/b22-20?,23-12-. The average molecular weight is 414 g/mol. The Morgan fingerprint density at radius 1 is 1.08 bits per heavy atom. The zero-order chi connectivity index (χ0) is 17.8. The van der Waals surface area contributed by atoms with Gasteiger partial charge in [0.15, 0.2) is 0 Å². The predicted molar refractivity (Wildman–Crippen MR) is 110 cm³/mol. The van der Waals surface area contributed by atoms with Crippen LogP contribution in [0.15, 0.2) is 62.4 Å². The van der Waals surface area contributed by atoms with Gasteiger partial charge in [-0.2, -0.15) is 5.10 Å². The summed E-state index contributed by atoms with van der Waals surface area (Å²) in [6, 6.07) is 14.6. The van der Waals surface area contributed by atoms with Crippen LogP contribution in [-0.2, 0) is 0 Å². The highest BCUT2D eigenvalue weighted by molar-refractivity contribution is 9.10. The van der Waals surface area contributed by atoms with Crippen LogP contribution in [0.3, 0.4) is 0 Å². The minimum atomic E-state index is 0.737. The Morgan fingerprint density at radius 2 is 1.84 bits per heavy atom. The molecule has 0 atom stereocenters. The zero-order valence-corrected chi connectivity index (χ0v) is 16.9. The van der Waals surface area contributed by atoms with Gasteiger partial charge in [-0.1, -0.05) is 40.2 Å². The highest BCUT2D eigenvalue weighted by Gasteiger charge is 2.08. The van der Waals surface area contributed by atoms with E-state index in [0.29, 0.717) is 0 Å². The Kier molecular flexibility index (Phi) is 5.66. The lowest BCUT2D eigenvalue weighted by molar-refractivity contribution is 0.833. The van der Waals surface area contributed by atoms with Crippen LogP contribution in [0, 0.1) is 13.8 Å². The van der Waals surface area contributed by atoms with Gasteiger partial charge in [0.25, 0.3) is 0 Å². The molecule has 0 amide bonds. The Labute approximate surface area is 160 Å². The molecule has 0 aliphatic carbocycles. The van der Waals surface area contributed by atoms with Gasteiger partial charge >= 0.3 is 0 Å². The van der Waals surface area contributed by atoms with Crippen molar-refractivity contribution in [3.63, 3.8) is 0 Å². The lowest BCUT2D eigenvalue weighted by Gasteiger charge is -2.06. The Morgan fingerprint density at radius 3 is 2.52 bits per heavy atom. The Bertz CT molecular complexity index is 965. The molecule has 0 unspecified atom stereocenters. The van der Waals surface area contributed by atoms with E-state index in [4.69, 9.17) is 5.10 Å². The molecule has 1 aromatic heterocycles. The van der Waals surface area contributed by atoms with Gasteiger partial charge in [0.2, 0.25) is 4.80 Å². The maximum Gasteiger partial charge on any atom is 0.206 e. The number of rotatable bonds is 4. The molecule has 128 valence electrons. The average Bonchev–Trinajstić information content (AvgIpc) is 3.00. The van der Waals surface area contributed by atoms with Gasteiger partial charge in [0.05, 0.1) is 11.9 Å². The third kappa shape index (κ3) is 4.17. The topological polar surface area (TPSA) is 29.6 Å². The van der Waals surface area contributed by atoms with Gasteiger partial charge in [-0.05, 0) is 55.7 Å². The van der Waals surface area contributed by atoms with E-state index < -0.39 is 0 Å². The van der Waals surface area contributed by atoms with Crippen molar-refractivity contribution >= 4 is 33.5 Å². The van der Waals surface area contributed by atoms with Crippen LogP contribution >= 0.6 is 27.3 Å². The Hall–Kier alpha value is -1.98. The van der Waals surface area contributed by atoms with Gasteiger partial charge in [0, 0.05) is 22.0 Å². The first-order valence-corrected chi connectivity index (χ1v) is 9.84. The summed E-state index contributed by atoms with van der Waals surface area (Å²) in [5, 5.41) is 6.83. The molecule has 0 saturated carbocycles. The van der Waals surface area contributed by atoms with Crippen LogP contribution < -0.4 is 4.80 Å². The van der Waals surface area contributed by atoms with Crippen molar-refractivity contribution in [1.29, 1.82) is 0 Å². The molecule has 0 radical (unpaired) electrons. The van der Waals surface area contributed by atoms with E-state index in [1.165, 1.54) is 11.1 Å². The predicted octanol–water partition coefficient (Wildman–Crippen LogP) is 5.40. The van der Waals surface area contributed by atoms with E-state index in [0.717, 1.165) is 32.6 Å². The fourth-order valence-corrected chi connectivity index (χ4v) is 3.59. The second kappa shape index (κ2) is 7.93. The molecule has 0 fully saturated rings. The number of hydrogen-bond donors (Lipinski definition) is 0. The van der Waals surface area contributed by atoms with Crippen molar-refractivity contribution < 1.29 is 0 Å². The molecular weight excluding hydrogens is 394 g/mol. The molecule has 0 aliphatic rings. The molecule has 0 N–H and O–H groups in total. The molecule has 1 heterocycles. The van der Waals surface area contributed by atoms with Crippen LogP contribution in [-0.4, -0.2) is 17.4 Å². The smallest absolute Gasteiger partial charge is 0.206 e. The van der Waals surface area contributed by atoms with Crippen LogP contribution in [0.5, 0.6) is 0 Å². The molecule has 0 spiro atoms. The monoisotopic (exact) mass is 413 g/mol. The van der Waals surface area contributed by atoms with Crippen molar-refractivity contribution in [2.45, 2.75) is 20.8 Å². The summed E-state index contributed by atoms with van der Waals surface area (Å²) >= 11 is 5.08. The van der Waals surface area contributed by atoms with Crippen molar-refractivity contribution in [2.24, 2.45) is 10.1 Å². The van der Waals surface area contributed by atoms with Crippen molar-refractivity contribution in [3.8, 4) is 11.3 Å². The third-order valence-electron chi connectivity index (χ3n) is 3.97. The normalized spacial score (nSPS) is 12.2. The molecular formula is C20H20BrN3S. The number of aromatic nitrogens is 1. The summed E-state index contributed by atoms with van der Waals surface area (Å²) in [4.78, 5) is 5.49. The van der Waals surface area contributed by atoms with Crippen molar-refractivity contribution in [2.75, 3.05) is 6.54 Å². The molecule has 3 aromatic rings. The summed E-state index contributed by atoms with van der Waals surface area (Å²) in [6.45, 7) is 7.04. The fraction of sp³-hybridized carbons (Fsp3) is 0.200. The van der Waals surface area contributed by atoms with Crippen molar-refractivity contribution in [3.05, 3.63) is 73.8 Å². The number of nitrogens with zero attached hydrogens (tertiary/aromatic N) is 3. The minimum absolute atomic E-state index is 0.737. The second-order valence-electron chi connectivity index (χ2n) is 5.78. The van der Waals surface area contributed by atoms with Crippen LogP contribution in [0.4, 0.5) is 0 Å². The Balaban J connectivity index is 2.07. The fourth-order valence-electron chi connectivity index (χ4n) is 2.43. The van der Waals surface area contributed by atoms with Crippen molar-refractivity contribution in [1.82, 2.24) is 4.68 Å². The lowest BCUT2D eigenvalue weighted by Crippen LogP contribution is -2.12. The van der Waals surface area contributed by atoms with E-state index in [-0.39, 0.29) is 0 Å². The van der Waals surface area contributed by atoms with Gasteiger partial charge < -0.3 is 0 Å². The largest absolute Gasteiger partial charge is 0.258 e. The molecule has 0 aliphatic heterocycles. The summed E-state index contributed by atoms with van der Waals surface area (Å²) < 4.78 is 2.99. The highest BCUT2D eigenvalue weighted by Crippen LogP contribution is 2.23. The molecule has 3 nitrogen and oxygen atoms in total. The molecule has 5 heteroatoms. The van der Waals surface area contributed by atoms with Crippen LogP contribution in [0.1, 0.15) is 23.6 Å². The summed E-state index contributed by atoms with van der Waals surface area (Å²) in [5.41, 5.74) is 5.84. The lowest BCUT2D eigenvalue weighted by atomic mass is 10.1. The number of thiazole rings is 1. The summed E-state index contributed by atoms with van der Waals surface area (Å²) in [5.74, 6) is 0. The maximum atomic E-state index is 4.71. The van der Waals surface area contributed by atoms with Gasteiger partial charge in [-0.25, -0.2) is 4.68 Å². The van der Waals surface area contributed by atoms with Gasteiger partial charge in [-0.3, -0.25) is 4.99 Å². The number of benzene rings is 2. The van der Waals surface area contributed by atoms with E-state index >= 15 is 0 Å². The zero-order valence-electron chi connectivity index (χ0n) is 14.5. The summed E-state index contributed by atoms with van der Waals surface area (Å²) in [7, 11) is 0. The summed E-state index contributed by atoms with van der Waals surface area (Å²) in [6.07, 6.45) is 1.87. The molecule has 25 heavy (non-hydrogen) atoms. The molecule has 3 rings (SSSR count). The third-order valence-corrected chi connectivity index (χ3v) is 5.36.